The van der Waals surface area contributed by atoms with E-state index >= 15 is 0 Å². The van der Waals surface area contributed by atoms with Crippen LogP contribution in [-0.4, -0.2) is 45.0 Å². The Balaban J connectivity index is 1.75. The summed E-state index contributed by atoms with van der Waals surface area (Å²) in [7, 11) is -2.48. The minimum atomic E-state index is -3.97. The van der Waals surface area contributed by atoms with Crippen molar-refractivity contribution in [3.8, 4) is 5.75 Å². The normalized spacial score (nSPS) is 11.6. The van der Waals surface area contributed by atoms with Gasteiger partial charge in [-0.3, -0.25) is 4.79 Å². The van der Waals surface area contributed by atoms with E-state index in [9.17, 15) is 17.6 Å². The van der Waals surface area contributed by atoms with Gasteiger partial charge in [-0.05, 0) is 42.3 Å². The van der Waals surface area contributed by atoms with Crippen LogP contribution in [0.2, 0.25) is 0 Å². The van der Waals surface area contributed by atoms with Crippen molar-refractivity contribution >= 4 is 22.1 Å². The number of carbonyl (C=O) groups excluding carboxylic acids is 1. The summed E-state index contributed by atoms with van der Waals surface area (Å²) in [6.07, 6.45) is 1.58. The molecule has 3 rings (SSSR count). The van der Waals surface area contributed by atoms with Gasteiger partial charge in [-0.2, -0.15) is 9.41 Å². The number of hydrogen-bond acceptors (Lipinski definition) is 5. The van der Waals surface area contributed by atoms with Crippen LogP contribution in [0.15, 0.2) is 88.9 Å². The van der Waals surface area contributed by atoms with Gasteiger partial charge in [0.25, 0.3) is 5.91 Å². The van der Waals surface area contributed by atoms with Crippen LogP contribution in [0.1, 0.15) is 11.1 Å². The number of carbonyl (C=O) groups is 1. The van der Waals surface area contributed by atoms with Gasteiger partial charge in [0.2, 0.25) is 10.0 Å². The molecule has 0 saturated carbocycles. The highest BCUT2D eigenvalue weighted by Gasteiger charge is 2.26. The van der Waals surface area contributed by atoms with Crippen LogP contribution in [0.25, 0.3) is 0 Å². The number of rotatable bonds is 10. The van der Waals surface area contributed by atoms with Crippen molar-refractivity contribution in [2.45, 2.75) is 11.3 Å². The number of halogens is 1. The second-order valence-electron chi connectivity index (χ2n) is 7.06. The number of ether oxygens (including phenoxy) is 1. The molecule has 0 aliphatic carbocycles. The Bertz CT molecular complexity index is 1200. The monoisotopic (exact) mass is 469 g/mol. The maximum Gasteiger partial charge on any atom is 0.255 e. The Hall–Kier alpha value is -3.56. The first kappa shape index (κ1) is 24.1. The van der Waals surface area contributed by atoms with Crippen molar-refractivity contribution in [3.05, 3.63) is 95.8 Å². The number of sulfonamides is 1. The van der Waals surface area contributed by atoms with Crippen LogP contribution in [0, 0.1) is 5.82 Å². The van der Waals surface area contributed by atoms with Crippen molar-refractivity contribution in [2.24, 2.45) is 5.10 Å². The number of methoxy groups -OCH3 is 1. The summed E-state index contributed by atoms with van der Waals surface area (Å²) in [4.78, 5) is 12.5. The first-order chi connectivity index (χ1) is 15.9. The summed E-state index contributed by atoms with van der Waals surface area (Å²) >= 11 is 0. The number of hydrogen-bond donors (Lipinski definition) is 1. The Labute approximate surface area is 192 Å². The molecule has 172 valence electrons. The van der Waals surface area contributed by atoms with Gasteiger partial charge in [-0.15, -0.1) is 0 Å². The van der Waals surface area contributed by atoms with Gasteiger partial charge >= 0.3 is 0 Å². The Morgan fingerprint density at radius 2 is 1.70 bits per heavy atom. The van der Waals surface area contributed by atoms with Crippen LogP contribution in [0.5, 0.6) is 5.75 Å². The Kier molecular flexibility index (Phi) is 8.28. The third-order valence-corrected chi connectivity index (χ3v) is 6.67. The molecule has 0 fully saturated rings. The number of benzene rings is 3. The first-order valence-electron chi connectivity index (χ1n) is 10.1. The van der Waals surface area contributed by atoms with E-state index in [4.69, 9.17) is 4.74 Å². The van der Waals surface area contributed by atoms with Gasteiger partial charge in [0.1, 0.15) is 11.6 Å². The fraction of sp³-hybridized carbons (Fsp3) is 0.167. The second-order valence-corrected chi connectivity index (χ2v) is 9.00. The van der Waals surface area contributed by atoms with E-state index < -0.39 is 28.3 Å². The lowest BCUT2D eigenvalue weighted by molar-refractivity contribution is -0.121. The SMILES string of the molecule is COc1ccc(S(=O)(=O)N(CCc2ccccc2)CC(=O)N/N=C\c2ccccc2F)cc1. The topological polar surface area (TPSA) is 88.1 Å². The highest BCUT2D eigenvalue weighted by Crippen LogP contribution is 2.20. The molecule has 1 amide bonds. The fourth-order valence-electron chi connectivity index (χ4n) is 3.03. The zero-order valence-corrected chi connectivity index (χ0v) is 18.8. The van der Waals surface area contributed by atoms with Crippen LogP contribution < -0.4 is 10.2 Å². The molecule has 0 radical (unpaired) electrons. The van der Waals surface area contributed by atoms with Crippen LogP contribution in [-0.2, 0) is 21.2 Å². The fourth-order valence-corrected chi connectivity index (χ4v) is 4.43. The van der Waals surface area contributed by atoms with E-state index in [1.165, 1.54) is 37.6 Å². The molecule has 0 aliphatic rings. The summed E-state index contributed by atoms with van der Waals surface area (Å²) in [6.45, 7) is -0.362. The number of nitrogens with zero attached hydrogens (tertiary/aromatic N) is 2. The molecule has 0 aliphatic heterocycles. The molecule has 0 unspecified atom stereocenters. The molecule has 9 heteroatoms. The minimum absolute atomic E-state index is 0.0408. The van der Waals surface area contributed by atoms with Gasteiger partial charge in [0, 0.05) is 12.1 Å². The molecule has 0 bridgehead atoms. The predicted molar refractivity (Wildman–Crippen MR) is 124 cm³/mol. The van der Waals surface area contributed by atoms with Crippen molar-refractivity contribution in [2.75, 3.05) is 20.2 Å². The van der Waals surface area contributed by atoms with Gasteiger partial charge in [-0.25, -0.2) is 18.2 Å². The van der Waals surface area contributed by atoms with Crippen molar-refractivity contribution in [1.29, 1.82) is 0 Å². The maximum atomic E-state index is 13.7. The molecule has 1 N–H and O–H groups in total. The van der Waals surface area contributed by atoms with Crippen molar-refractivity contribution < 1.29 is 22.3 Å². The lowest BCUT2D eigenvalue weighted by Gasteiger charge is -2.21. The maximum absolute atomic E-state index is 13.7. The standard InChI is InChI=1S/C24H24FN3O4S/c1-32-21-11-13-22(14-12-21)33(30,31)28(16-15-19-7-3-2-4-8-19)18-24(29)27-26-17-20-9-5-6-10-23(20)25/h2-14,17H,15-16,18H2,1H3,(H,27,29)/b26-17-. The van der Waals surface area contributed by atoms with E-state index in [2.05, 4.69) is 10.5 Å². The minimum Gasteiger partial charge on any atom is -0.497 e. The average molecular weight is 470 g/mol. The third-order valence-electron chi connectivity index (χ3n) is 4.81. The number of nitrogens with one attached hydrogen (secondary N) is 1. The van der Waals surface area contributed by atoms with Gasteiger partial charge in [-0.1, -0.05) is 48.5 Å². The molecule has 0 saturated heterocycles. The smallest absolute Gasteiger partial charge is 0.255 e. The molecular weight excluding hydrogens is 445 g/mol. The molecule has 0 atom stereocenters. The van der Waals surface area contributed by atoms with Crippen LogP contribution in [0.3, 0.4) is 0 Å². The van der Waals surface area contributed by atoms with Crippen LogP contribution >= 0.6 is 0 Å². The van der Waals surface area contributed by atoms with Gasteiger partial charge < -0.3 is 4.74 Å². The van der Waals surface area contributed by atoms with E-state index in [-0.39, 0.29) is 17.0 Å². The van der Waals surface area contributed by atoms with E-state index in [1.54, 1.807) is 24.3 Å². The summed E-state index contributed by atoms with van der Waals surface area (Å²) < 4.78 is 46.4. The Morgan fingerprint density at radius 3 is 2.36 bits per heavy atom. The number of amides is 1. The molecule has 0 heterocycles. The highest BCUT2D eigenvalue weighted by molar-refractivity contribution is 7.89. The summed E-state index contributed by atoms with van der Waals surface area (Å²) in [5.74, 6) is -0.611. The zero-order valence-electron chi connectivity index (χ0n) is 18.0. The van der Waals surface area contributed by atoms with E-state index in [0.717, 1.165) is 9.87 Å². The molecule has 0 spiro atoms. The molecule has 3 aromatic rings. The quantitative estimate of drug-likeness (QED) is 0.365. The molecular formula is C24H24FN3O4S. The first-order valence-corrected chi connectivity index (χ1v) is 11.6. The summed E-state index contributed by atoms with van der Waals surface area (Å²) in [6, 6.07) is 21.3. The van der Waals surface area contributed by atoms with Gasteiger partial charge in [0.05, 0.1) is 24.8 Å². The van der Waals surface area contributed by atoms with E-state index in [1.807, 2.05) is 30.3 Å². The predicted octanol–water partition coefficient (Wildman–Crippen LogP) is 3.22. The van der Waals surface area contributed by atoms with Crippen molar-refractivity contribution in [3.63, 3.8) is 0 Å². The molecule has 0 aromatic heterocycles. The zero-order chi connectivity index (χ0) is 23.7. The summed E-state index contributed by atoms with van der Waals surface area (Å²) in [5, 5.41) is 3.75. The Morgan fingerprint density at radius 1 is 1.03 bits per heavy atom. The second kappa shape index (κ2) is 11.3. The van der Waals surface area contributed by atoms with Crippen LogP contribution in [0.4, 0.5) is 4.39 Å². The van der Waals surface area contributed by atoms with Gasteiger partial charge in [0.15, 0.2) is 0 Å². The number of hydrazone groups is 1. The molecule has 7 nitrogen and oxygen atoms in total. The lowest BCUT2D eigenvalue weighted by atomic mass is 10.1. The lowest BCUT2D eigenvalue weighted by Crippen LogP contribution is -2.40. The average Bonchev–Trinajstić information content (AvgIpc) is 2.83. The molecule has 3 aromatic carbocycles. The third kappa shape index (κ3) is 6.71. The van der Waals surface area contributed by atoms with Crippen molar-refractivity contribution in [1.82, 2.24) is 9.73 Å². The largest absolute Gasteiger partial charge is 0.497 e. The van der Waals surface area contributed by atoms with E-state index in [0.29, 0.717) is 12.2 Å². The highest BCUT2D eigenvalue weighted by atomic mass is 32.2. The molecule has 33 heavy (non-hydrogen) atoms. The summed E-state index contributed by atoms with van der Waals surface area (Å²) in [5.41, 5.74) is 3.40.